The maximum atomic E-state index is 5.57. The summed E-state index contributed by atoms with van der Waals surface area (Å²) >= 11 is 1.80. The average molecular weight is 399 g/mol. The molecule has 1 saturated heterocycles. The first-order chi connectivity index (χ1) is 13.9. The van der Waals surface area contributed by atoms with Crippen molar-refractivity contribution in [2.45, 2.75) is 45.4 Å². The molecule has 28 heavy (non-hydrogen) atoms. The van der Waals surface area contributed by atoms with Gasteiger partial charge in [-0.2, -0.15) is 0 Å². The first kappa shape index (κ1) is 18.1. The summed E-state index contributed by atoms with van der Waals surface area (Å²) in [6.45, 7) is 6.74. The Morgan fingerprint density at radius 2 is 2.04 bits per heavy atom. The minimum atomic E-state index is 0.810. The Bertz CT molecular complexity index is 996. The van der Waals surface area contributed by atoms with Crippen LogP contribution in [0.2, 0.25) is 0 Å². The number of H-pyrrole nitrogens is 1. The summed E-state index contributed by atoms with van der Waals surface area (Å²) in [7, 11) is 0. The van der Waals surface area contributed by atoms with E-state index in [-0.39, 0.29) is 0 Å². The average Bonchev–Trinajstić information content (AvgIpc) is 3.35. The Morgan fingerprint density at radius 3 is 2.89 bits per heavy atom. The molecule has 0 aromatic carbocycles. The van der Waals surface area contributed by atoms with Gasteiger partial charge in [-0.1, -0.05) is 31.1 Å². The Hall–Kier alpha value is -1.99. The monoisotopic (exact) mass is 398 g/mol. The summed E-state index contributed by atoms with van der Waals surface area (Å²) < 4.78 is 6.75. The van der Waals surface area contributed by atoms with Crippen molar-refractivity contribution in [3.63, 3.8) is 0 Å². The molecule has 0 spiro atoms. The molecule has 0 bridgehead atoms. The minimum absolute atomic E-state index is 0.810. The molecule has 1 aliphatic carbocycles. The van der Waals surface area contributed by atoms with Crippen LogP contribution in [0, 0.1) is 0 Å². The number of hydrogen-bond acceptors (Lipinski definition) is 6. The number of ether oxygens (including phenoxy) is 1. The van der Waals surface area contributed by atoms with Gasteiger partial charge in [-0.05, 0) is 31.2 Å². The fourth-order valence-corrected chi connectivity index (χ4v) is 5.65. The van der Waals surface area contributed by atoms with Crippen molar-refractivity contribution in [2.24, 2.45) is 0 Å². The molecule has 2 aliphatic rings. The number of fused-ring (bicyclic) bond motifs is 5. The second kappa shape index (κ2) is 7.79. The standard InChI is InChI=1S/C21H27N5OS/c1-2-3-4-8-22-19-18-17(23-13-24-19)16-14-6-5-7-15(14)20(25-21(16)28-18)26-9-11-27-12-10-26/h13H,2-12H2,1H3,(H,22,23,24)/p+1. The number of unbranched alkanes of at least 4 members (excludes halogenated alkanes) is 2. The van der Waals surface area contributed by atoms with E-state index in [2.05, 4.69) is 27.1 Å². The molecular formula is C21H28N5OS+. The van der Waals surface area contributed by atoms with Crippen LogP contribution in [0.25, 0.3) is 20.4 Å². The van der Waals surface area contributed by atoms with Crippen molar-refractivity contribution in [1.82, 2.24) is 9.97 Å². The number of thiophene rings is 1. The lowest BCUT2D eigenvalue weighted by atomic mass is 10.1. The molecule has 3 aromatic heterocycles. The minimum Gasteiger partial charge on any atom is -0.373 e. The lowest BCUT2D eigenvalue weighted by molar-refractivity contribution is -0.328. The normalized spacial score (nSPS) is 16.8. The highest BCUT2D eigenvalue weighted by atomic mass is 32.1. The summed E-state index contributed by atoms with van der Waals surface area (Å²) in [6, 6.07) is 0. The Labute approximate surface area is 169 Å². The van der Waals surface area contributed by atoms with Crippen LogP contribution in [0.1, 0.15) is 43.7 Å². The molecule has 1 aliphatic heterocycles. The largest absolute Gasteiger partial charge is 0.373 e. The number of pyridine rings is 1. The zero-order valence-electron chi connectivity index (χ0n) is 16.5. The molecule has 5 rings (SSSR count). The topological polar surface area (TPSA) is 64.4 Å². The van der Waals surface area contributed by atoms with E-state index in [1.807, 2.05) is 0 Å². The summed E-state index contributed by atoms with van der Waals surface area (Å²) in [4.78, 5) is 16.7. The number of aromatic nitrogens is 3. The van der Waals surface area contributed by atoms with Crippen molar-refractivity contribution in [3.05, 3.63) is 17.5 Å². The highest BCUT2D eigenvalue weighted by molar-refractivity contribution is 7.25. The first-order valence-corrected chi connectivity index (χ1v) is 11.4. The van der Waals surface area contributed by atoms with E-state index in [0.717, 1.165) is 57.0 Å². The van der Waals surface area contributed by atoms with Gasteiger partial charge in [0.05, 0.1) is 24.1 Å². The molecule has 148 valence electrons. The van der Waals surface area contributed by atoms with Crippen molar-refractivity contribution in [2.75, 3.05) is 43.1 Å². The lowest BCUT2D eigenvalue weighted by Gasteiger charge is -2.23. The summed E-state index contributed by atoms with van der Waals surface area (Å²) in [5, 5.41) is 4.87. The molecule has 0 saturated carbocycles. The fraction of sp³-hybridized carbons (Fsp3) is 0.571. The first-order valence-electron chi connectivity index (χ1n) is 10.6. The molecular weight excluding hydrogens is 370 g/mol. The third-order valence-electron chi connectivity index (χ3n) is 5.91. The van der Waals surface area contributed by atoms with Crippen LogP contribution in [0.15, 0.2) is 6.33 Å². The van der Waals surface area contributed by atoms with Crippen LogP contribution in [-0.2, 0) is 17.6 Å². The maximum absolute atomic E-state index is 5.57. The predicted molar refractivity (Wildman–Crippen MR) is 115 cm³/mol. The third kappa shape index (κ3) is 3.10. The Balaban J connectivity index is 1.60. The van der Waals surface area contributed by atoms with Gasteiger partial charge in [0.25, 0.3) is 5.82 Å². The van der Waals surface area contributed by atoms with Crippen LogP contribution in [0.4, 0.5) is 11.6 Å². The number of aromatic amines is 1. The van der Waals surface area contributed by atoms with Crippen LogP contribution in [0.5, 0.6) is 0 Å². The van der Waals surface area contributed by atoms with Crippen LogP contribution >= 0.6 is 11.3 Å². The van der Waals surface area contributed by atoms with E-state index >= 15 is 0 Å². The van der Waals surface area contributed by atoms with Crippen molar-refractivity contribution >= 4 is 43.4 Å². The number of anilines is 2. The zero-order chi connectivity index (χ0) is 18.9. The zero-order valence-corrected chi connectivity index (χ0v) is 17.3. The van der Waals surface area contributed by atoms with Crippen molar-refractivity contribution in [3.8, 4) is 0 Å². The van der Waals surface area contributed by atoms with Gasteiger partial charge in [-0.3, -0.25) is 4.90 Å². The van der Waals surface area contributed by atoms with Crippen molar-refractivity contribution < 1.29 is 9.72 Å². The number of nitrogens with zero attached hydrogens (tertiary/aromatic N) is 3. The molecule has 0 atom stereocenters. The van der Waals surface area contributed by atoms with Crippen LogP contribution < -0.4 is 15.2 Å². The second-order valence-electron chi connectivity index (χ2n) is 7.72. The van der Waals surface area contributed by atoms with E-state index in [1.165, 1.54) is 57.5 Å². The molecule has 6 nitrogen and oxygen atoms in total. The molecule has 2 N–H and O–H groups in total. The number of morpholine rings is 1. The summed E-state index contributed by atoms with van der Waals surface area (Å²) in [5.41, 5.74) is 4.10. The van der Waals surface area contributed by atoms with Crippen LogP contribution in [0.3, 0.4) is 0 Å². The summed E-state index contributed by atoms with van der Waals surface area (Å²) in [5.74, 6) is 2.29. The Kier molecular flexibility index (Phi) is 5.03. The third-order valence-corrected chi connectivity index (χ3v) is 7.01. The molecule has 1 fully saturated rings. The number of aryl methyl sites for hydroxylation is 1. The van der Waals surface area contributed by atoms with E-state index in [1.54, 1.807) is 17.7 Å². The molecule has 4 heterocycles. The van der Waals surface area contributed by atoms with E-state index < -0.39 is 0 Å². The van der Waals surface area contributed by atoms with Gasteiger partial charge in [-0.15, -0.1) is 0 Å². The van der Waals surface area contributed by atoms with Gasteiger partial charge in [-0.25, -0.2) is 15.0 Å². The quantitative estimate of drug-likeness (QED) is 0.643. The van der Waals surface area contributed by atoms with Gasteiger partial charge in [0, 0.05) is 12.1 Å². The highest BCUT2D eigenvalue weighted by Gasteiger charge is 2.31. The Morgan fingerprint density at radius 1 is 1.18 bits per heavy atom. The van der Waals surface area contributed by atoms with Gasteiger partial charge >= 0.3 is 0 Å². The molecule has 3 aromatic rings. The number of hydrogen-bond donors (Lipinski definition) is 1. The SMILES string of the molecule is CCCCCNc1ncnc2c1sc1[nH+]c(N3CCOCC3)c3c(c12)CCC3. The van der Waals surface area contributed by atoms with Gasteiger partial charge in [0.2, 0.25) is 0 Å². The smallest absolute Gasteiger partial charge is 0.279 e. The molecule has 7 heteroatoms. The lowest BCUT2D eigenvalue weighted by Crippen LogP contribution is -2.40. The summed E-state index contributed by atoms with van der Waals surface area (Å²) in [6.07, 6.45) is 8.90. The molecule has 0 unspecified atom stereocenters. The van der Waals surface area contributed by atoms with E-state index in [0.29, 0.717) is 0 Å². The number of rotatable bonds is 6. The predicted octanol–water partition coefficient (Wildman–Crippen LogP) is 3.59. The van der Waals surface area contributed by atoms with E-state index in [4.69, 9.17) is 9.72 Å². The maximum Gasteiger partial charge on any atom is 0.279 e. The fourth-order valence-electron chi connectivity index (χ4n) is 4.51. The van der Waals surface area contributed by atoms with E-state index in [9.17, 15) is 0 Å². The molecule has 0 radical (unpaired) electrons. The number of nitrogens with one attached hydrogen (secondary N) is 2. The van der Waals surface area contributed by atoms with Crippen LogP contribution in [-0.4, -0.2) is 42.8 Å². The highest BCUT2D eigenvalue weighted by Crippen LogP contribution is 2.41. The van der Waals surface area contributed by atoms with Gasteiger partial charge in [0.15, 0.2) is 4.83 Å². The van der Waals surface area contributed by atoms with Gasteiger partial charge < -0.3 is 10.1 Å². The van der Waals surface area contributed by atoms with Gasteiger partial charge in [0.1, 0.15) is 29.9 Å². The molecule has 0 amide bonds. The van der Waals surface area contributed by atoms with Crippen molar-refractivity contribution in [1.29, 1.82) is 0 Å². The second-order valence-corrected chi connectivity index (χ2v) is 8.74.